The fourth-order valence-corrected chi connectivity index (χ4v) is 4.02. The highest BCUT2D eigenvalue weighted by atomic mass is 35.6. The molecule has 0 aromatic rings. The van der Waals surface area contributed by atoms with Crippen LogP contribution in [0.5, 0.6) is 0 Å². The number of hydrogen-bond donors (Lipinski definition) is 0. The van der Waals surface area contributed by atoms with Crippen LogP contribution in [0.2, 0.25) is 0 Å². The van der Waals surface area contributed by atoms with Crippen molar-refractivity contribution in [3.05, 3.63) is 0 Å². The molecule has 14 heteroatoms. The molecule has 121 valence electrons. The molecule has 0 N–H and O–H groups in total. The van der Waals surface area contributed by atoms with Gasteiger partial charge in [0.15, 0.2) is 4.33 Å². The van der Waals surface area contributed by atoms with E-state index in [9.17, 15) is 5.11 Å². The van der Waals surface area contributed by atoms with Crippen molar-refractivity contribution in [1.82, 2.24) is 0 Å². The summed E-state index contributed by atoms with van der Waals surface area (Å²) in [6.07, 6.45) is 0. The van der Waals surface area contributed by atoms with Crippen molar-refractivity contribution in [2.75, 3.05) is 0 Å². The summed E-state index contributed by atoms with van der Waals surface area (Å²) in [7, 11) is 0. The van der Waals surface area contributed by atoms with Crippen LogP contribution in [0.25, 0.3) is 0 Å². The van der Waals surface area contributed by atoms with Crippen molar-refractivity contribution < 1.29 is 5.11 Å². The molecule has 1 nitrogen and oxygen atoms in total. The summed E-state index contributed by atoms with van der Waals surface area (Å²) in [6, 6.07) is 0. The van der Waals surface area contributed by atoms with Crippen molar-refractivity contribution in [1.29, 1.82) is 0 Å². The lowest BCUT2D eigenvalue weighted by Gasteiger charge is -2.48. The molecule has 1 radical (unpaired) electrons. The van der Waals surface area contributed by atoms with E-state index in [1.54, 1.807) is 0 Å². The topological polar surface area (TPSA) is 19.9 Å². The van der Waals surface area contributed by atoms with Crippen LogP contribution in [0, 0.1) is 0 Å². The molecule has 0 heterocycles. The Bertz CT molecular complexity index is 324. The molecule has 0 aliphatic carbocycles. The normalized spacial score (nSPS) is 18.9. The average Bonchev–Trinajstić information content (AvgIpc) is 2.12. The maximum absolute atomic E-state index is 12.3. The molecule has 0 amide bonds. The Kier molecular flexibility index (Phi) is 8.07. The summed E-state index contributed by atoms with van der Waals surface area (Å²) in [5.41, 5.74) is 0. The van der Waals surface area contributed by atoms with Crippen LogP contribution < -0.4 is 0 Å². The highest BCUT2D eigenvalue weighted by molar-refractivity contribution is 6.81. The van der Waals surface area contributed by atoms with Crippen LogP contribution in [-0.4, -0.2) is 25.6 Å². The number of halogens is 13. The monoisotopic (exact) mass is 543 g/mol. The van der Waals surface area contributed by atoms with Gasteiger partial charge in [-0.15, -0.1) is 0 Å². The minimum Gasteiger partial charge on any atom is -0.204 e. The zero-order chi connectivity index (χ0) is 17.0. The largest absolute Gasteiger partial charge is 0.258 e. The van der Waals surface area contributed by atoms with Crippen molar-refractivity contribution in [2.45, 2.75) is 25.6 Å². The van der Waals surface area contributed by atoms with Gasteiger partial charge in [-0.2, -0.15) is 0 Å². The first-order valence-corrected chi connectivity index (χ1v) is 8.82. The van der Waals surface area contributed by atoms with Gasteiger partial charge in [0.2, 0.25) is 16.3 Å². The summed E-state index contributed by atoms with van der Waals surface area (Å²) >= 11 is 72.9. The molecule has 0 rings (SSSR count). The van der Waals surface area contributed by atoms with E-state index in [0.717, 1.165) is 0 Å². The lowest BCUT2D eigenvalue weighted by molar-refractivity contribution is 0.0300. The Hall–Kier alpha value is 3.73. The highest BCUT2D eigenvalue weighted by Gasteiger charge is 2.77. The van der Waals surface area contributed by atoms with E-state index < -0.39 is 25.6 Å². The van der Waals surface area contributed by atoms with Crippen LogP contribution >= 0.6 is 151 Å². The second-order valence-electron chi connectivity index (χ2n) is 3.31. The SMILES string of the molecule is [O]C(Cl)(C(Cl)(Cl)Cl)C(Cl)(Cl)C(Cl)(Cl)C(Cl)(Cl)C(Cl)(Cl)Cl. The maximum Gasteiger partial charge on any atom is 0.258 e. The number of rotatable bonds is 3. The van der Waals surface area contributed by atoms with Gasteiger partial charge >= 0.3 is 0 Å². The molecule has 0 aromatic heterocycles. The molecule has 0 saturated carbocycles. The van der Waals surface area contributed by atoms with Gasteiger partial charge in [-0.3, -0.25) is 0 Å². The fourth-order valence-electron chi connectivity index (χ4n) is 0.755. The Morgan fingerprint density at radius 3 is 0.900 bits per heavy atom. The third-order valence-corrected chi connectivity index (χ3v) is 9.33. The molecular weight excluding hydrogens is 549 g/mol. The first kappa shape index (κ1) is 23.7. The van der Waals surface area contributed by atoms with Gasteiger partial charge in [-0.05, 0) is 0 Å². The van der Waals surface area contributed by atoms with Crippen molar-refractivity contribution >= 4 is 151 Å². The standard InChI is InChI=1S/C6Cl13O/c7-1(8,3(11,12)5(14,15)16)2(9,10)4(13,20)6(17,18)19. The number of alkyl halides is 13. The summed E-state index contributed by atoms with van der Waals surface area (Å²) in [5, 5.41) is 8.94. The maximum atomic E-state index is 12.3. The molecule has 0 aliphatic rings. The number of hydrogen-bond acceptors (Lipinski definition) is 0. The van der Waals surface area contributed by atoms with Gasteiger partial charge < -0.3 is 0 Å². The zero-order valence-electron chi connectivity index (χ0n) is 8.32. The van der Waals surface area contributed by atoms with E-state index in [4.69, 9.17) is 151 Å². The van der Waals surface area contributed by atoms with Gasteiger partial charge in [0.05, 0.1) is 0 Å². The predicted molar refractivity (Wildman–Crippen MR) is 93.2 cm³/mol. The van der Waals surface area contributed by atoms with Crippen LogP contribution in [-0.2, 0) is 5.11 Å². The minimum atomic E-state index is -3.32. The molecule has 0 saturated heterocycles. The molecule has 20 heavy (non-hydrogen) atoms. The Morgan fingerprint density at radius 2 is 0.700 bits per heavy atom. The van der Waals surface area contributed by atoms with E-state index in [1.165, 1.54) is 0 Å². The van der Waals surface area contributed by atoms with Gasteiger partial charge in [0, 0.05) is 0 Å². The van der Waals surface area contributed by atoms with E-state index in [-0.39, 0.29) is 0 Å². The Labute approximate surface area is 179 Å². The third-order valence-electron chi connectivity index (χ3n) is 1.91. The Morgan fingerprint density at radius 1 is 0.400 bits per heavy atom. The summed E-state index contributed by atoms with van der Waals surface area (Å²) in [4.78, 5) is 0. The Balaban J connectivity index is 6.08. The van der Waals surface area contributed by atoms with E-state index >= 15 is 0 Å². The lowest BCUT2D eigenvalue weighted by Crippen LogP contribution is -2.66. The van der Waals surface area contributed by atoms with E-state index in [1.807, 2.05) is 0 Å². The van der Waals surface area contributed by atoms with Crippen molar-refractivity contribution in [3.8, 4) is 0 Å². The fraction of sp³-hybridized carbons (Fsp3) is 1.00. The second kappa shape index (κ2) is 6.80. The van der Waals surface area contributed by atoms with Crippen molar-refractivity contribution in [3.63, 3.8) is 0 Å². The molecule has 1 unspecified atom stereocenters. The summed E-state index contributed by atoms with van der Waals surface area (Å²) in [6.45, 7) is 0. The minimum absolute atomic E-state index is 2.53. The van der Waals surface area contributed by atoms with Gasteiger partial charge in [0.1, 0.15) is 0 Å². The predicted octanol–water partition coefficient (Wildman–Crippen LogP) is 7.61. The molecular formula is C6Cl13O. The quantitative estimate of drug-likeness (QED) is 0.323. The smallest absolute Gasteiger partial charge is 0.204 e. The molecule has 0 aromatic carbocycles. The summed E-state index contributed by atoms with van der Waals surface area (Å²) in [5.74, 6) is 0. The average molecular weight is 549 g/mol. The van der Waals surface area contributed by atoms with Gasteiger partial charge in [-0.25, -0.2) is 5.11 Å². The van der Waals surface area contributed by atoms with Crippen LogP contribution in [0.1, 0.15) is 0 Å². The van der Waals surface area contributed by atoms with Crippen LogP contribution in [0.4, 0.5) is 0 Å². The van der Waals surface area contributed by atoms with Crippen molar-refractivity contribution in [2.24, 2.45) is 0 Å². The third kappa shape index (κ3) is 3.93. The van der Waals surface area contributed by atoms with Crippen LogP contribution in [0.15, 0.2) is 0 Å². The van der Waals surface area contributed by atoms with Crippen LogP contribution in [0.3, 0.4) is 0 Å². The van der Waals surface area contributed by atoms with Gasteiger partial charge in [0.25, 0.3) is 5.06 Å². The first-order valence-electron chi connectivity index (χ1n) is 3.91. The molecule has 0 spiro atoms. The van der Waals surface area contributed by atoms with E-state index in [2.05, 4.69) is 0 Å². The second-order valence-corrected chi connectivity index (χ2v) is 12.4. The first-order chi connectivity index (χ1) is 8.25. The summed E-state index contributed by atoms with van der Waals surface area (Å²) < 4.78 is -13.9. The lowest BCUT2D eigenvalue weighted by atomic mass is 10.1. The highest BCUT2D eigenvalue weighted by Crippen LogP contribution is 2.67. The molecule has 1 atom stereocenters. The molecule has 0 aliphatic heterocycles. The zero-order valence-corrected chi connectivity index (χ0v) is 18.1. The van der Waals surface area contributed by atoms with Gasteiger partial charge in [-0.1, -0.05) is 151 Å². The molecule has 0 fully saturated rings. The van der Waals surface area contributed by atoms with E-state index in [0.29, 0.717) is 0 Å². The molecule has 0 bridgehead atoms.